The van der Waals surface area contributed by atoms with Gasteiger partial charge in [-0.3, -0.25) is 9.78 Å². The highest BCUT2D eigenvalue weighted by Gasteiger charge is 2.21. The molecule has 188 valence electrons. The number of anilines is 1. The summed E-state index contributed by atoms with van der Waals surface area (Å²) < 4.78 is 28.1. The summed E-state index contributed by atoms with van der Waals surface area (Å²) >= 11 is 1.51. The molecule has 0 aliphatic carbocycles. The first-order valence-electron chi connectivity index (χ1n) is 11.2. The van der Waals surface area contributed by atoms with E-state index in [-0.39, 0.29) is 42.4 Å². The molecule has 6 nitrogen and oxygen atoms in total. The van der Waals surface area contributed by atoms with Gasteiger partial charge in [0, 0.05) is 30.1 Å². The van der Waals surface area contributed by atoms with Crippen LogP contribution >= 0.6 is 36.6 Å². The van der Waals surface area contributed by atoms with Gasteiger partial charge in [-0.15, -0.1) is 36.6 Å². The van der Waals surface area contributed by atoms with Crippen molar-refractivity contribution >= 4 is 59.2 Å². The molecule has 5 rings (SSSR count). The van der Waals surface area contributed by atoms with Crippen LogP contribution < -0.4 is 10.6 Å². The van der Waals surface area contributed by atoms with Gasteiger partial charge in [-0.2, -0.15) is 0 Å². The number of nitrogens with one attached hydrogen (secondary N) is 2. The fourth-order valence-corrected chi connectivity index (χ4v) is 5.19. The smallest absolute Gasteiger partial charge is 0.235 e. The molecule has 2 aliphatic heterocycles. The lowest BCUT2D eigenvalue weighted by molar-refractivity contribution is -0.113. The van der Waals surface area contributed by atoms with Gasteiger partial charge in [-0.25, -0.2) is 13.8 Å². The number of hydrogen-bond donors (Lipinski definition) is 2. The minimum absolute atomic E-state index is 0. The van der Waals surface area contributed by atoms with E-state index in [0.717, 1.165) is 43.1 Å². The molecule has 2 N–H and O–H groups in total. The number of fused-ring (bicyclic) bond motifs is 2. The number of nitrogens with zero attached hydrogens (tertiary/aromatic N) is 3. The van der Waals surface area contributed by atoms with E-state index >= 15 is 0 Å². The Hall–Kier alpha value is -2.04. The Balaban J connectivity index is 0.00000171. The van der Waals surface area contributed by atoms with Gasteiger partial charge in [0.05, 0.1) is 28.1 Å². The van der Waals surface area contributed by atoms with Crippen LogP contribution in [-0.2, 0) is 17.8 Å². The van der Waals surface area contributed by atoms with Crippen LogP contribution in [0.4, 0.5) is 14.6 Å². The molecule has 4 heterocycles. The number of carbonyl (C=O) groups is 1. The van der Waals surface area contributed by atoms with Crippen molar-refractivity contribution < 1.29 is 13.6 Å². The van der Waals surface area contributed by atoms with Crippen molar-refractivity contribution in [2.75, 3.05) is 30.7 Å². The number of halogens is 4. The molecule has 35 heavy (non-hydrogen) atoms. The van der Waals surface area contributed by atoms with Gasteiger partial charge < -0.3 is 15.5 Å². The standard InChI is InChI=1S/C24H25F2N5OS.2ClH/c25-15-1-3-21-19(11-15)18(20(26)13-28-21)7-10-31-8-5-16(6-9-31)27-12-17-2-4-22-24(29-17)30-23(32)14-33-22;;/h1-4,11,13,16,27H,5-10,12,14H2,(H,29,30,32);2*1H. The fourth-order valence-electron chi connectivity index (χ4n) is 4.43. The summed E-state index contributed by atoms with van der Waals surface area (Å²) in [6.45, 7) is 3.21. The van der Waals surface area contributed by atoms with E-state index in [2.05, 4.69) is 25.5 Å². The molecule has 0 atom stereocenters. The number of likely N-dealkylation sites (tertiary alicyclic amines) is 1. The molecule has 1 fully saturated rings. The summed E-state index contributed by atoms with van der Waals surface area (Å²) in [5.74, 6) is 0.323. The van der Waals surface area contributed by atoms with Crippen molar-refractivity contribution in [3.8, 4) is 0 Å². The average Bonchev–Trinajstić information content (AvgIpc) is 2.82. The summed E-state index contributed by atoms with van der Waals surface area (Å²) in [7, 11) is 0. The predicted molar refractivity (Wildman–Crippen MR) is 140 cm³/mol. The van der Waals surface area contributed by atoms with Gasteiger partial charge in [-0.1, -0.05) is 0 Å². The van der Waals surface area contributed by atoms with Crippen LogP contribution in [0.1, 0.15) is 24.1 Å². The first kappa shape index (κ1) is 27.5. The highest BCUT2D eigenvalue weighted by molar-refractivity contribution is 8.00. The second kappa shape index (κ2) is 12.3. The third-order valence-electron chi connectivity index (χ3n) is 6.26. The van der Waals surface area contributed by atoms with Gasteiger partial charge in [0.25, 0.3) is 0 Å². The normalized spacial score (nSPS) is 16.2. The predicted octanol–water partition coefficient (Wildman–Crippen LogP) is 4.59. The number of pyridine rings is 2. The van der Waals surface area contributed by atoms with E-state index in [0.29, 0.717) is 47.0 Å². The zero-order chi connectivity index (χ0) is 22.8. The molecule has 1 aromatic carbocycles. The molecule has 0 bridgehead atoms. The number of thioether (sulfide) groups is 1. The number of hydrogen-bond acceptors (Lipinski definition) is 6. The number of piperidine rings is 1. The summed E-state index contributed by atoms with van der Waals surface area (Å²) in [4.78, 5) is 23.6. The second-order valence-corrected chi connectivity index (χ2v) is 9.50. The molecule has 2 aromatic heterocycles. The van der Waals surface area contributed by atoms with E-state index in [1.54, 1.807) is 6.07 Å². The average molecular weight is 542 g/mol. The first-order valence-corrected chi connectivity index (χ1v) is 12.1. The molecule has 1 saturated heterocycles. The van der Waals surface area contributed by atoms with Crippen molar-refractivity contribution in [2.45, 2.75) is 36.7 Å². The third-order valence-corrected chi connectivity index (χ3v) is 7.31. The Kier molecular flexibility index (Phi) is 9.66. The van der Waals surface area contributed by atoms with Crippen LogP contribution in [-0.4, -0.2) is 52.2 Å². The van der Waals surface area contributed by atoms with Gasteiger partial charge in [0.1, 0.15) is 17.5 Å². The summed E-state index contributed by atoms with van der Waals surface area (Å²) in [6.07, 6.45) is 3.73. The second-order valence-electron chi connectivity index (χ2n) is 8.48. The van der Waals surface area contributed by atoms with E-state index in [4.69, 9.17) is 0 Å². The number of benzene rings is 1. The summed E-state index contributed by atoms with van der Waals surface area (Å²) in [5.41, 5.74) is 2.05. The molecule has 2 aliphatic rings. The highest BCUT2D eigenvalue weighted by atomic mass is 35.5. The maximum Gasteiger partial charge on any atom is 0.235 e. The number of carbonyl (C=O) groups excluding carboxylic acids is 1. The highest BCUT2D eigenvalue weighted by Crippen LogP contribution is 2.29. The Labute approximate surface area is 219 Å². The summed E-state index contributed by atoms with van der Waals surface area (Å²) in [6, 6.07) is 8.71. The largest absolute Gasteiger partial charge is 0.309 e. The maximum absolute atomic E-state index is 14.4. The van der Waals surface area contributed by atoms with Gasteiger partial charge >= 0.3 is 0 Å². The van der Waals surface area contributed by atoms with Gasteiger partial charge in [-0.05, 0) is 62.7 Å². The van der Waals surface area contributed by atoms with E-state index < -0.39 is 0 Å². The molecule has 3 aromatic rings. The number of rotatable bonds is 6. The first-order chi connectivity index (χ1) is 16.0. The fraction of sp³-hybridized carbons (Fsp3) is 0.375. The summed E-state index contributed by atoms with van der Waals surface area (Å²) in [5, 5.41) is 6.96. The third kappa shape index (κ3) is 6.59. The molecule has 0 spiro atoms. The quantitative estimate of drug-likeness (QED) is 0.475. The lowest BCUT2D eigenvalue weighted by Crippen LogP contribution is -2.43. The lowest BCUT2D eigenvalue weighted by atomic mass is 10.0. The Morgan fingerprint density at radius 2 is 1.94 bits per heavy atom. The van der Waals surface area contributed by atoms with E-state index in [1.165, 1.54) is 30.1 Å². The molecule has 0 saturated carbocycles. The van der Waals surface area contributed by atoms with Crippen LogP contribution in [0.2, 0.25) is 0 Å². The molecule has 0 unspecified atom stereocenters. The molecular formula is C24H27Cl2F2N5OS. The monoisotopic (exact) mass is 541 g/mol. The van der Waals surface area contributed by atoms with E-state index in [9.17, 15) is 13.6 Å². The molecular weight excluding hydrogens is 515 g/mol. The van der Waals surface area contributed by atoms with Crippen molar-refractivity contribution in [1.82, 2.24) is 20.2 Å². The number of amides is 1. The Morgan fingerprint density at radius 1 is 1.14 bits per heavy atom. The van der Waals surface area contributed by atoms with E-state index in [1.807, 2.05) is 12.1 Å². The molecule has 11 heteroatoms. The number of aromatic nitrogens is 2. The van der Waals surface area contributed by atoms with Crippen molar-refractivity contribution in [2.24, 2.45) is 0 Å². The van der Waals surface area contributed by atoms with Crippen molar-refractivity contribution in [1.29, 1.82) is 0 Å². The zero-order valence-electron chi connectivity index (χ0n) is 18.9. The Morgan fingerprint density at radius 3 is 2.74 bits per heavy atom. The molecule has 1 amide bonds. The minimum Gasteiger partial charge on any atom is -0.309 e. The van der Waals surface area contributed by atoms with Crippen LogP contribution in [0.3, 0.4) is 0 Å². The van der Waals surface area contributed by atoms with Crippen molar-refractivity contribution in [3.05, 3.63) is 59.4 Å². The van der Waals surface area contributed by atoms with Crippen LogP contribution in [0.25, 0.3) is 10.9 Å². The Bertz CT molecular complexity index is 1190. The van der Waals surface area contributed by atoms with Gasteiger partial charge in [0.2, 0.25) is 5.91 Å². The van der Waals surface area contributed by atoms with Crippen LogP contribution in [0, 0.1) is 11.6 Å². The topological polar surface area (TPSA) is 70.2 Å². The van der Waals surface area contributed by atoms with Crippen molar-refractivity contribution in [3.63, 3.8) is 0 Å². The lowest BCUT2D eigenvalue weighted by Gasteiger charge is -2.32. The van der Waals surface area contributed by atoms with Gasteiger partial charge in [0.15, 0.2) is 0 Å². The maximum atomic E-state index is 14.4. The zero-order valence-corrected chi connectivity index (χ0v) is 21.4. The van der Waals surface area contributed by atoms with Crippen LogP contribution in [0.15, 0.2) is 41.4 Å². The SMILES string of the molecule is Cl.Cl.O=C1CSc2ccc(CNC3CCN(CCc4c(F)cnc5ccc(F)cc45)CC3)nc2N1. The van der Waals surface area contributed by atoms with Crippen LogP contribution in [0.5, 0.6) is 0 Å². The molecule has 0 radical (unpaired) electrons. The minimum atomic E-state index is -0.378.